The Morgan fingerprint density at radius 2 is 2.67 bits per heavy atom. The van der Waals surface area contributed by atoms with Crippen molar-refractivity contribution in [1.29, 1.82) is 0 Å². The van der Waals surface area contributed by atoms with Crippen LogP contribution in [0.3, 0.4) is 0 Å². The van der Waals surface area contributed by atoms with Crippen LogP contribution >= 0.6 is 0 Å². The van der Waals surface area contributed by atoms with Gasteiger partial charge in [-0.2, -0.15) is 5.10 Å². The van der Waals surface area contributed by atoms with Gasteiger partial charge in [0.2, 0.25) is 0 Å². The van der Waals surface area contributed by atoms with Gasteiger partial charge < -0.3 is 0 Å². The quantitative estimate of drug-likeness (QED) is 0.482. The van der Waals surface area contributed by atoms with Crippen molar-refractivity contribution in [3.8, 4) is 0 Å². The maximum Gasteiger partial charge on any atom is 0.0522 e. The van der Waals surface area contributed by atoms with Crippen LogP contribution in [0.5, 0.6) is 0 Å². The third-order valence-corrected chi connectivity index (χ3v) is 0.519. The van der Waals surface area contributed by atoms with Crippen molar-refractivity contribution >= 4 is 0 Å². The maximum atomic E-state index is 5.18. The summed E-state index contributed by atoms with van der Waals surface area (Å²) in [7, 11) is 0. The first-order valence-electron chi connectivity index (χ1n) is 1.64. The second-order valence-corrected chi connectivity index (χ2v) is 1.03. The van der Waals surface area contributed by atoms with Crippen LogP contribution in [0.15, 0.2) is 12.4 Å². The first-order valence-corrected chi connectivity index (χ1v) is 1.64. The van der Waals surface area contributed by atoms with Crippen LogP contribution in [0, 0.1) is 6.92 Å². The number of nitrogens with zero attached hydrogens (tertiary/aromatic N) is 1. The molecule has 1 aromatic heterocycles. The second kappa shape index (κ2) is 1.12. The highest BCUT2D eigenvalue weighted by molar-refractivity contribution is 5.04. The van der Waals surface area contributed by atoms with Gasteiger partial charge in [0, 0.05) is 13.1 Å². The van der Waals surface area contributed by atoms with Gasteiger partial charge in [-0.05, 0) is 5.56 Å². The minimum atomic E-state index is 0.676. The zero-order chi connectivity index (χ0) is 4.41. The van der Waals surface area contributed by atoms with Crippen molar-refractivity contribution in [3.63, 3.8) is 0 Å². The molecule has 1 heterocycles. The fourth-order valence-corrected chi connectivity index (χ4v) is 0.261. The highest BCUT2D eigenvalue weighted by Crippen LogP contribution is 1.84. The monoisotopic (exact) mass is 80.0 g/mol. The zero-order valence-corrected chi connectivity index (χ0v) is 3.18. The van der Waals surface area contributed by atoms with E-state index in [1.165, 1.54) is 0 Å². The Bertz CT molecular complexity index is 109. The van der Waals surface area contributed by atoms with Crippen molar-refractivity contribution in [2.45, 2.75) is 0 Å². The molecule has 1 N–H and O–H groups in total. The third-order valence-electron chi connectivity index (χ3n) is 0.519. The standard InChI is InChI=1S/C4H4N2/c1-4-2-5-6-3-4/h1-3H,(H,5,6). The molecular formula is C4H4N2. The largest absolute Gasteiger partial charge is 0.285 e. The van der Waals surface area contributed by atoms with E-state index in [1.807, 2.05) is 0 Å². The van der Waals surface area contributed by atoms with E-state index in [-0.39, 0.29) is 0 Å². The van der Waals surface area contributed by atoms with Crippen LogP contribution in [-0.2, 0) is 0 Å². The molecule has 2 radical (unpaired) electrons. The molecule has 0 fully saturated rings. The first-order chi connectivity index (χ1) is 2.89. The van der Waals surface area contributed by atoms with Gasteiger partial charge in [-0.25, -0.2) is 0 Å². The van der Waals surface area contributed by atoms with E-state index < -0.39 is 0 Å². The van der Waals surface area contributed by atoms with E-state index in [2.05, 4.69) is 10.2 Å². The third kappa shape index (κ3) is 0.407. The van der Waals surface area contributed by atoms with E-state index in [1.54, 1.807) is 12.4 Å². The molecule has 6 heavy (non-hydrogen) atoms. The van der Waals surface area contributed by atoms with Gasteiger partial charge in [-0.1, -0.05) is 0 Å². The topological polar surface area (TPSA) is 28.7 Å². The highest BCUT2D eigenvalue weighted by atomic mass is 15.1. The Morgan fingerprint density at radius 1 is 1.83 bits per heavy atom. The minimum Gasteiger partial charge on any atom is -0.285 e. The van der Waals surface area contributed by atoms with Crippen LogP contribution in [-0.4, -0.2) is 10.2 Å². The molecule has 0 aliphatic rings. The molecule has 0 amide bonds. The molecule has 0 aromatic carbocycles. The summed E-state index contributed by atoms with van der Waals surface area (Å²) < 4.78 is 0. The van der Waals surface area contributed by atoms with Crippen LogP contribution in [0.25, 0.3) is 0 Å². The number of rotatable bonds is 0. The van der Waals surface area contributed by atoms with E-state index in [0.717, 1.165) is 0 Å². The summed E-state index contributed by atoms with van der Waals surface area (Å²) in [4.78, 5) is 0. The van der Waals surface area contributed by atoms with E-state index in [0.29, 0.717) is 5.56 Å². The summed E-state index contributed by atoms with van der Waals surface area (Å²) in [5.74, 6) is 0. The predicted molar refractivity (Wildman–Crippen MR) is 22.0 cm³/mol. The maximum absolute atomic E-state index is 5.18. The summed E-state index contributed by atoms with van der Waals surface area (Å²) in [5.41, 5.74) is 0.676. The fraction of sp³-hybridized carbons (Fsp3) is 0. The molecule has 2 heteroatoms. The molecule has 0 atom stereocenters. The van der Waals surface area contributed by atoms with E-state index in [4.69, 9.17) is 6.92 Å². The zero-order valence-electron chi connectivity index (χ0n) is 3.18. The molecule has 0 aliphatic heterocycles. The van der Waals surface area contributed by atoms with Gasteiger partial charge in [0.05, 0.1) is 6.20 Å². The lowest BCUT2D eigenvalue weighted by atomic mass is 10.4. The molecule has 30 valence electrons. The minimum absolute atomic E-state index is 0.676. The van der Waals surface area contributed by atoms with E-state index >= 15 is 0 Å². The summed E-state index contributed by atoms with van der Waals surface area (Å²) in [6, 6.07) is 0. The first kappa shape index (κ1) is 3.40. The Labute approximate surface area is 36.2 Å². The van der Waals surface area contributed by atoms with Crippen molar-refractivity contribution in [1.82, 2.24) is 10.2 Å². The second-order valence-electron chi connectivity index (χ2n) is 1.03. The van der Waals surface area contributed by atoms with Crippen LogP contribution < -0.4 is 0 Å². The number of hydrogen-bond acceptors (Lipinski definition) is 1. The lowest BCUT2D eigenvalue weighted by molar-refractivity contribution is 1.09. The summed E-state index contributed by atoms with van der Waals surface area (Å²) in [5, 5.41) is 6.13. The Balaban J connectivity index is 3.05. The molecule has 0 saturated carbocycles. The number of aromatic nitrogens is 2. The van der Waals surface area contributed by atoms with Crippen molar-refractivity contribution < 1.29 is 0 Å². The fourth-order valence-electron chi connectivity index (χ4n) is 0.261. The van der Waals surface area contributed by atoms with Crippen LogP contribution in [0.1, 0.15) is 5.56 Å². The lowest BCUT2D eigenvalue weighted by Gasteiger charge is -1.61. The average Bonchev–Trinajstić information content (AvgIpc) is 1.86. The predicted octanol–water partition coefficient (Wildman–Crippen LogP) is 0.469. The van der Waals surface area contributed by atoms with Crippen LogP contribution in [0.2, 0.25) is 0 Å². The Morgan fingerprint density at radius 3 is 2.83 bits per heavy atom. The number of H-pyrrole nitrogens is 1. The van der Waals surface area contributed by atoms with Crippen molar-refractivity contribution in [3.05, 3.63) is 24.9 Å². The van der Waals surface area contributed by atoms with Crippen molar-refractivity contribution in [2.75, 3.05) is 0 Å². The summed E-state index contributed by atoms with van der Waals surface area (Å²) in [6.45, 7) is 5.18. The lowest BCUT2D eigenvalue weighted by Crippen LogP contribution is -1.53. The Hall–Kier alpha value is -0.790. The molecule has 0 unspecified atom stereocenters. The SMILES string of the molecule is [CH]c1cn[nH]c1. The van der Waals surface area contributed by atoms with Crippen LogP contribution in [0.4, 0.5) is 0 Å². The average molecular weight is 80.1 g/mol. The molecule has 0 aliphatic carbocycles. The molecule has 1 rings (SSSR count). The highest BCUT2D eigenvalue weighted by Gasteiger charge is 1.75. The van der Waals surface area contributed by atoms with Gasteiger partial charge in [-0.15, -0.1) is 0 Å². The summed E-state index contributed by atoms with van der Waals surface area (Å²) >= 11 is 0. The van der Waals surface area contributed by atoms with Gasteiger partial charge in [0.15, 0.2) is 0 Å². The van der Waals surface area contributed by atoms with E-state index in [9.17, 15) is 0 Å². The molecular weight excluding hydrogens is 76.1 g/mol. The molecule has 0 spiro atoms. The summed E-state index contributed by atoms with van der Waals surface area (Å²) in [6.07, 6.45) is 3.18. The normalized spacial score (nSPS) is 8.83. The van der Waals surface area contributed by atoms with Gasteiger partial charge >= 0.3 is 0 Å². The molecule has 1 aromatic rings. The Kier molecular flexibility index (Phi) is 0.638. The smallest absolute Gasteiger partial charge is 0.0522 e. The van der Waals surface area contributed by atoms with Gasteiger partial charge in [0.25, 0.3) is 0 Å². The number of nitrogens with one attached hydrogen (secondary N) is 1. The number of aromatic amines is 1. The molecule has 0 saturated heterocycles. The molecule has 2 nitrogen and oxygen atoms in total. The van der Waals surface area contributed by atoms with Gasteiger partial charge in [0.1, 0.15) is 0 Å². The van der Waals surface area contributed by atoms with Gasteiger partial charge in [-0.3, -0.25) is 5.10 Å². The molecule has 0 bridgehead atoms. The van der Waals surface area contributed by atoms with Crippen molar-refractivity contribution in [2.24, 2.45) is 0 Å². The number of hydrogen-bond donors (Lipinski definition) is 1.